The first-order chi connectivity index (χ1) is 13.1. The van der Waals surface area contributed by atoms with Crippen LogP contribution >= 0.6 is 0 Å². The van der Waals surface area contributed by atoms with E-state index >= 15 is 0 Å². The van der Waals surface area contributed by atoms with Gasteiger partial charge in [-0.2, -0.15) is 5.26 Å². The van der Waals surface area contributed by atoms with Gasteiger partial charge in [0.25, 0.3) is 5.91 Å². The number of amides is 1. The lowest BCUT2D eigenvalue weighted by Gasteiger charge is -2.28. The maximum atomic E-state index is 12.3. The van der Waals surface area contributed by atoms with E-state index in [0.717, 1.165) is 12.0 Å². The Bertz CT molecular complexity index is 870. The molecule has 0 radical (unpaired) electrons. The number of ether oxygens (including phenoxy) is 2. The minimum atomic E-state index is -0.854. The van der Waals surface area contributed by atoms with E-state index in [4.69, 9.17) is 14.7 Å². The van der Waals surface area contributed by atoms with Crippen molar-refractivity contribution in [1.82, 2.24) is 4.90 Å². The van der Waals surface area contributed by atoms with Crippen molar-refractivity contribution in [3.63, 3.8) is 0 Å². The summed E-state index contributed by atoms with van der Waals surface area (Å²) in [7, 11) is 0. The molecule has 27 heavy (non-hydrogen) atoms. The number of fused-ring (bicyclic) bond motifs is 1. The van der Waals surface area contributed by atoms with Gasteiger partial charge in [-0.15, -0.1) is 0 Å². The number of carbonyl (C=O) groups excluding carboxylic acids is 2. The highest BCUT2D eigenvalue weighted by atomic mass is 16.6. The third kappa shape index (κ3) is 4.64. The lowest BCUT2D eigenvalue weighted by molar-refractivity contribution is -0.157. The molecule has 1 atom stereocenters. The Morgan fingerprint density at radius 3 is 2.56 bits per heavy atom. The molecule has 1 aliphatic rings. The quantitative estimate of drug-likeness (QED) is 0.762. The molecule has 0 saturated heterocycles. The van der Waals surface area contributed by atoms with E-state index in [1.165, 1.54) is 5.56 Å². The van der Waals surface area contributed by atoms with Crippen LogP contribution in [0.3, 0.4) is 0 Å². The lowest BCUT2D eigenvalue weighted by atomic mass is 10.00. The number of nitrogens with zero attached hydrogens (tertiary/aromatic N) is 2. The third-order valence-corrected chi connectivity index (χ3v) is 4.45. The zero-order valence-corrected chi connectivity index (χ0v) is 15.1. The van der Waals surface area contributed by atoms with Gasteiger partial charge in [0.05, 0.1) is 11.6 Å². The molecule has 0 fully saturated rings. The fourth-order valence-electron chi connectivity index (χ4n) is 2.91. The Morgan fingerprint density at radius 2 is 1.85 bits per heavy atom. The first-order valence-corrected chi connectivity index (χ1v) is 8.75. The van der Waals surface area contributed by atoms with E-state index in [9.17, 15) is 9.59 Å². The average Bonchev–Trinajstić information content (AvgIpc) is 2.71. The molecule has 2 aromatic carbocycles. The van der Waals surface area contributed by atoms with Crippen LogP contribution in [0.5, 0.6) is 5.75 Å². The summed E-state index contributed by atoms with van der Waals surface area (Å²) in [6.07, 6.45) is -0.0542. The summed E-state index contributed by atoms with van der Waals surface area (Å²) in [4.78, 5) is 26.1. The molecule has 0 bridgehead atoms. The summed E-state index contributed by atoms with van der Waals surface area (Å²) in [6, 6.07) is 16.5. The van der Waals surface area contributed by atoms with Crippen LogP contribution in [0.15, 0.2) is 48.5 Å². The van der Waals surface area contributed by atoms with Gasteiger partial charge in [0.2, 0.25) is 0 Å². The number of carbonyl (C=O) groups is 2. The van der Waals surface area contributed by atoms with Crippen molar-refractivity contribution in [2.24, 2.45) is 0 Å². The van der Waals surface area contributed by atoms with Crippen molar-refractivity contribution in [2.45, 2.75) is 26.0 Å². The van der Waals surface area contributed by atoms with Crippen LogP contribution in [-0.2, 0) is 27.3 Å². The number of nitriles is 1. The van der Waals surface area contributed by atoms with Gasteiger partial charge in [0.1, 0.15) is 5.75 Å². The third-order valence-electron chi connectivity index (χ3n) is 4.45. The topological polar surface area (TPSA) is 79.6 Å². The molecule has 0 aliphatic carbocycles. The largest absolute Gasteiger partial charge is 0.479 e. The van der Waals surface area contributed by atoms with Crippen molar-refractivity contribution in [3.05, 3.63) is 65.2 Å². The minimum absolute atomic E-state index is 0.219. The zero-order valence-electron chi connectivity index (χ0n) is 15.1. The summed E-state index contributed by atoms with van der Waals surface area (Å²) in [6.45, 7) is 2.40. The van der Waals surface area contributed by atoms with Crippen molar-refractivity contribution < 1.29 is 19.1 Å². The standard InChI is InChI=1S/C21H20N2O4/c1-15(27-19-8-6-16(12-22)7-9-19)21(25)26-14-20(24)23-11-10-17-4-2-3-5-18(17)13-23/h2-9,15H,10-11,13-14H2,1H3/t15-/m1/s1. The van der Waals surface area contributed by atoms with E-state index in [1.54, 1.807) is 36.1 Å². The van der Waals surface area contributed by atoms with Crippen molar-refractivity contribution in [2.75, 3.05) is 13.2 Å². The van der Waals surface area contributed by atoms with Gasteiger partial charge in [-0.3, -0.25) is 4.79 Å². The average molecular weight is 364 g/mol. The Balaban J connectivity index is 1.48. The maximum absolute atomic E-state index is 12.3. The molecule has 6 heteroatoms. The second kappa shape index (κ2) is 8.37. The molecule has 138 valence electrons. The number of rotatable bonds is 5. The van der Waals surface area contributed by atoms with E-state index in [1.807, 2.05) is 24.3 Å². The van der Waals surface area contributed by atoms with E-state index < -0.39 is 12.1 Å². The normalized spacial score (nSPS) is 13.9. The first-order valence-electron chi connectivity index (χ1n) is 8.75. The molecule has 2 aromatic rings. The molecular formula is C21H20N2O4. The summed E-state index contributed by atoms with van der Waals surface area (Å²) >= 11 is 0. The van der Waals surface area contributed by atoms with Crippen LogP contribution in [0.2, 0.25) is 0 Å². The molecule has 0 saturated carbocycles. The van der Waals surface area contributed by atoms with Crippen LogP contribution in [0.4, 0.5) is 0 Å². The lowest BCUT2D eigenvalue weighted by Crippen LogP contribution is -2.39. The van der Waals surface area contributed by atoms with Crippen LogP contribution in [0.1, 0.15) is 23.6 Å². The Hall–Kier alpha value is -3.33. The smallest absolute Gasteiger partial charge is 0.347 e. The highest BCUT2D eigenvalue weighted by molar-refractivity contribution is 5.82. The van der Waals surface area contributed by atoms with Crippen LogP contribution in [0.25, 0.3) is 0 Å². The predicted molar refractivity (Wildman–Crippen MR) is 97.8 cm³/mol. The molecule has 0 aromatic heterocycles. The number of esters is 1. The predicted octanol–water partition coefficient (Wildman–Crippen LogP) is 2.45. The molecule has 6 nitrogen and oxygen atoms in total. The maximum Gasteiger partial charge on any atom is 0.347 e. The second-order valence-corrected chi connectivity index (χ2v) is 6.34. The Morgan fingerprint density at radius 1 is 1.15 bits per heavy atom. The second-order valence-electron chi connectivity index (χ2n) is 6.34. The molecule has 1 amide bonds. The molecule has 1 aliphatic heterocycles. The summed E-state index contributed by atoms with van der Waals surface area (Å²) in [5.41, 5.74) is 2.88. The van der Waals surface area contributed by atoms with Crippen LogP contribution in [0, 0.1) is 11.3 Å². The van der Waals surface area contributed by atoms with Gasteiger partial charge in [0.15, 0.2) is 12.7 Å². The van der Waals surface area contributed by atoms with E-state index in [2.05, 4.69) is 6.07 Å². The highest BCUT2D eigenvalue weighted by Crippen LogP contribution is 2.18. The van der Waals surface area contributed by atoms with Gasteiger partial charge in [-0.05, 0) is 48.7 Å². The molecule has 1 heterocycles. The highest BCUT2D eigenvalue weighted by Gasteiger charge is 2.23. The van der Waals surface area contributed by atoms with Gasteiger partial charge in [0, 0.05) is 13.1 Å². The van der Waals surface area contributed by atoms with E-state index in [-0.39, 0.29) is 12.5 Å². The number of hydrogen-bond donors (Lipinski definition) is 0. The molecule has 0 unspecified atom stereocenters. The van der Waals surface area contributed by atoms with Gasteiger partial charge >= 0.3 is 5.97 Å². The van der Waals surface area contributed by atoms with Crippen LogP contribution < -0.4 is 4.74 Å². The van der Waals surface area contributed by atoms with E-state index in [0.29, 0.717) is 24.4 Å². The molecule has 0 N–H and O–H groups in total. The van der Waals surface area contributed by atoms with Gasteiger partial charge in [-0.1, -0.05) is 24.3 Å². The first kappa shape index (κ1) is 18.5. The Kier molecular flexibility index (Phi) is 5.72. The molecular weight excluding hydrogens is 344 g/mol. The molecule has 0 spiro atoms. The van der Waals surface area contributed by atoms with Gasteiger partial charge < -0.3 is 14.4 Å². The van der Waals surface area contributed by atoms with Gasteiger partial charge in [-0.25, -0.2) is 4.79 Å². The van der Waals surface area contributed by atoms with Crippen LogP contribution in [-0.4, -0.2) is 36.0 Å². The number of hydrogen-bond acceptors (Lipinski definition) is 5. The van der Waals surface area contributed by atoms with Crippen molar-refractivity contribution in [1.29, 1.82) is 5.26 Å². The monoisotopic (exact) mass is 364 g/mol. The molecule has 3 rings (SSSR count). The SMILES string of the molecule is C[C@@H](Oc1ccc(C#N)cc1)C(=O)OCC(=O)N1CCc2ccccc2C1. The fourth-order valence-corrected chi connectivity index (χ4v) is 2.91. The minimum Gasteiger partial charge on any atom is -0.479 e. The van der Waals surface area contributed by atoms with Crippen molar-refractivity contribution >= 4 is 11.9 Å². The summed E-state index contributed by atoms with van der Waals surface area (Å²) in [5, 5.41) is 8.78. The Labute approximate surface area is 157 Å². The van der Waals surface area contributed by atoms with Crippen molar-refractivity contribution in [3.8, 4) is 11.8 Å². The fraction of sp³-hybridized carbons (Fsp3) is 0.286. The summed E-state index contributed by atoms with van der Waals surface area (Å²) < 4.78 is 10.6. The summed E-state index contributed by atoms with van der Waals surface area (Å²) in [5.74, 6) is -0.369. The zero-order chi connectivity index (χ0) is 19.2. The number of benzene rings is 2.